The molecule has 146 valence electrons. The van der Waals surface area contributed by atoms with Gasteiger partial charge in [0.1, 0.15) is 23.1 Å². The third kappa shape index (κ3) is 3.53. The zero-order chi connectivity index (χ0) is 19.7. The van der Waals surface area contributed by atoms with E-state index in [-0.39, 0.29) is 24.6 Å². The van der Waals surface area contributed by atoms with Crippen LogP contribution in [0.25, 0.3) is 0 Å². The summed E-state index contributed by atoms with van der Waals surface area (Å²) in [6, 6.07) is 3.95. The van der Waals surface area contributed by atoms with Crippen LogP contribution in [0.15, 0.2) is 24.4 Å². The van der Waals surface area contributed by atoms with Gasteiger partial charge in [-0.3, -0.25) is 9.59 Å². The minimum absolute atomic E-state index is 0.0471. The normalized spacial score (nSPS) is 15.9. The Morgan fingerprint density at radius 2 is 1.96 bits per heavy atom. The van der Waals surface area contributed by atoms with Gasteiger partial charge >= 0.3 is 0 Å². The number of fused-ring (bicyclic) bond motifs is 1. The van der Waals surface area contributed by atoms with Gasteiger partial charge < -0.3 is 20.3 Å². The summed E-state index contributed by atoms with van der Waals surface area (Å²) in [6.45, 7) is 1.64. The van der Waals surface area contributed by atoms with Gasteiger partial charge in [-0.25, -0.2) is 13.8 Å². The lowest BCUT2D eigenvalue weighted by atomic mass is 10.1. The lowest BCUT2D eigenvalue weighted by Gasteiger charge is -2.29. The summed E-state index contributed by atoms with van der Waals surface area (Å²) in [5, 5.41) is 5.22. The minimum Gasteiger partial charge on any atom is -0.378 e. The average Bonchev–Trinajstić information content (AvgIpc) is 3.06. The van der Waals surface area contributed by atoms with E-state index in [0.29, 0.717) is 48.8 Å². The summed E-state index contributed by atoms with van der Waals surface area (Å²) in [7, 11) is 0. The first kappa shape index (κ1) is 18.3. The van der Waals surface area contributed by atoms with Crippen LogP contribution in [0, 0.1) is 11.6 Å². The Morgan fingerprint density at radius 3 is 2.68 bits per heavy atom. The van der Waals surface area contributed by atoms with E-state index < -0.39 is 17.5 Å². The molecule has 2 aliphatic rings. The fraction of sp³-hybridized carbons (Fsp3) is 0.316. The van der Waals surface area contributed by atoms with Crippen molar-refractivity contribution in [2.75, 3.05) is 36.5 Å². The first-order valence-electron chi connectivity index (χ1n) is 8.89. The zero-order valence-electron chi connectivity index (χ0n) is 14.9. The Bertz CT molecular complexity index is 922. The number of hydrogen-bond acceptors (Lipinski definition) is 5. The van der Waals surface area contributed by atoms with Gasteiger partial charge in [-0.05, 0) is 23.8 Å². The molecule has 4 rings (SSSR count). The van der Waals surface area contributed by atoms with Crippen LogP contribution in [0.5, 0.6) is 0 Å². The van der Waals surface area contributed by atoms with E-state index in [1.165, 1.54) is 24.4 Å². The molecule has 1 aromatic carbocycles. The van der Waals surface area contributed by atoms with Crippen LogP contribution in [0.4, 0.5) is 20.3 Å². The summed E-state index contributed by atoms with van der Waals surface area (Å²) in [6.07, 6.45) is 1.50. The number of halogens is 2. The van der Waals surface area contributed by atoms with Crippen LogP contribution in [0.1, 0.15) is 21.5 Å². The van der Waals surface area contributed by atoms with Crippen molar-refractivity contribution in [3.63, 3.8) is 0 Å². The highest BCUT2D eigenvalue weighted by Crippen LogP contribution is 2.26. The zero-order valence-corrected chi connectivity index (χ0v) is 14.9. The molecule has 7 nitrogen and oxygen atoms in total. The number of carbonyl (C=O) groups is 2. The Labute approximate surface area is 159 Å². The van der Waals surface area contributed by atoms with Crippen LogP contribution in [0.3, 0.4) is 0 Å². The van der Waals surface area contributed by atoms with Crippen LogP contribution in [-0.4, -0.2) is 43.1 Å². The predicted octanol–water partition coefficient (Wildman–Crippen LogP) is 1.62. The van der Waals surface area contributed by atoms with Crippen LogP contribution in [-0.2, 0) is 22.5 Å². The second-order valence-electron chi connectivity index (χ2n) is 6.60. The third-order valence-corrected chi connectivity index (χ3v) is 4.75. The van der Waals surface area contributed by atoms with E-state index in [4.69, 9.17) is 4.74 Å². The Balaban J connectivity index is 1.48. The van der Waals surface area contributed by atoms with Crippen LogP contribution >= 0.6 is 0 Å². The molecule has 1 fully saturated rings. The second-order valence-corrected chi connectivity index (χ2v) is 6.60. The predicted molar refractivity (Wildman–Crippen MR) is 97.1 cm³/mol. The lowest BCUT2D eigenvalue weighted by Crippen LogP contribution is -2.37. The summed E-state index contributed by atoms with van der Waals surface area (Å²) >= 11 is 0. The van der Waals surface area contributed by atoms with E-state index in [9.17, 15) is 18.4 Å². The molecule has 28 heavy (non-hydrogen) atoms. The van der Waals surface area contributed by atoms with E-state index in [0.717, 1.165) is 0 Å². The van der Waals surface area contributed by atoms with Gasteiger partial charge in [-0.1, -0.05) is 0 Å². The maximum absolute atomic E-state index is 14.5. The number of carbonyl (C=O) groups excluding carboxylic acids is 2. The largest absolute Gasteiger partial charge is 0.378 e. The number of pyridine rings is 1. The average molecular weight is 388 g/mol. The number of ether oxygens (including phenoxy) is 1. The Morgan fingerprint density at radius 1 is 1.25 bits per heavy atom. The fourth-order valence-electron chi connectivity index (χ4n) is 3.42. The van der Waals surface area contributed by atoms with E-state index >= 15 is 0 Å². The van der Waals surface area contributed by atoms with Crippen LogP contribution < -0.4 is 15.5 Å². The molecule has 0 radical (unpaired) electrons. The Kier molecular flexibility index (Phi) is 4.91. The highest BCUT2D eigenvalue weighted by atomic mass is 19.1. The molecule has 1 aromatic heterocycles. The number of morpholine rings is 1. The first-order chi connectivity index (χ1) is 13.5. The van der Waals surface area contributed by atoms with E-state index in [2.05, 4.69) is 15.6 Å². The van der Waals surface area contributed by atoms with Crippen molar-refractivity contribution in [3.05, 3.63) is 52.7 Å². The number of amides is 2. The standard InChI is InChI=1S/C19H18F2N4O3/c20-14-7-11(8-15(21)17(14)25-3-5-28-6-4-25)10-23-19(27)12-1-2-22-18-13(12)9-16(26)24-18/h1-2,7-8H,3-6,9-10H2,(H,23,27)(H,22,24,26). The summed E-state index contributed by atoms with van der Waals surface area (Å²) in [5.41, 5.74) is 1.06. The molecule has 2 N–H and O–H groups in total. The van der Waals surface area contributed by atoms with Gasteiger partial charge in [-0.15, -0.1) is 0 Å². The quantitative estimate of drug-likeness (QED) is 0.832. The summed E-state index contributed by atoms with van der Waals surface area (Å²) in [5.74, 6) is -1.65. The number of nitrogens with one attached hydrogen (secondary N) is 2. The number of anilines is 2. The van der Waals surface area contributed by atoms with Crippen molar-refractivity contribution in [2.24, 2.45) is 0 Å². The SMILES string of the molecule is O=C1Cc2c(C(=O)NCc3cc(F)c(N4CCOCC4)c(F)c3)ccnc2N1. The second kappa shape index (κ2) is 7.51. The maximum Gasteiger partial charge on any atom is 0.252 e. The number of nitrogens with zero attached hydrogens (tertiary/aromatic N) is 2. The fourth-order valence-corrected chi connectivity index (χ4v) is 3.42. The minimum atomic E-state index is -0.675. The number of rotatable bonds is 4. The van der Waals surface area contributed by atoms with E-state index in [1.54, 1.807) is 4.90 Å². The molecular formula is C19H18F2N4O3. The topological polar surface area (TPSA) is 83.6 Å². The summed E-state index contributed by atoms with van der Waals surface area (Å²) < 4.78 is 34.2. The molecule has 3 heterocycles. The van der Waals surface area contributed by atoms with Gasteiger partial charge in [0, 0.05) is 37.0 Å². The number of benzene rings is 1. The van der Waals surface area contributed by atoms with Crippen molar-refractivity contribution in [3.8, 4) is 0 Å². The Hall–Kier alpha value is -3.07. The molecule has 2 aromatic rings. The highest BCUT2D eigenvalue weighted by Gasteiger charge is 2.25. The van der Waals surface area contributed by atoms with Gasteiger partial charge in [0.2, 0.25) is 5.91 Å². The highest BCUT2D eigenvalue weighted by molar-refractivity contribution is 6.04. The van der Waals surface area contributed by atoms with Gasteiger partial charge in [-0.2, -0.15) is 0 Å². The van der Waals surface area contributed by atoms with E-state index in [1.807, 2.05) is 0 Å². The molecule has 0 saturated carbocycles. The van der Waals surface area contributed by atoms with Crippen molar-refractivity contribution in [1.82, 2.24) is 10.3 Å². The van der Waals surface area contributed by atoms with Crippen molar-refractivity contribution in [1.29, 1.82) is 0 Å². The molecule has 2 aliphatic heterocycles. The molecule has 0 unspecified atom stereocenters. The molecular weight excluding hydrogens is 370 g/mol. The molecule has 0 atom stereocenters. The number of hydrogen-bond donors (Lipinski definition) is 2. The third-order valence-electron chi connectivity index (χ3n) is 4.75. The van der Waals surface area contributed by atoms with Crippen molar-refractivity contribution >= 4 is 23.3 Å². The van der Waals surface area contributed by atoms with Gasteiger partial charge in [0.25, 0.3) is 5.91 Å². The van der Waals surface area contributed by atoms with Crippen LogP contribution in [0.2, 0.25) is 0 Å². The van der Waals surface area contributed by atoms with Gasteiger partial charge in [0.05, 0.1) is 19.6 Å². The lowest BCUT2D eigenvalue weighted by molar-refractivity contribution is -0.115. The number of aromatic nitrogens is 1. The molecule has 9 heteroatoms. The molecule has 0 spiro atoms. The maximum atomic E-state index is 14.5. The van der Waals surface area contributed by atoms with Crippen molar-refractivity contribution in [2.45, 2.75) is 13.0 Å². The monoisotopic (exact) mass is 388 g/mol. The molecule has 1 saturated heterocycles. The summed E-state index contributed by atoms with van der Waals surface area (Å²) in [4.78, 5) is 29.6. The van der Waals surface area contributed by atoms with Crippen molar-refractivity contribution < 1.29 is 23.1 Å². The molecule has 0 aliphatic carbocycles. The smallest absolute Gasteiger partial charge is 0.252 e. The first-order valence-corrected chi connectivity index (χ1v) is 8.89. The van der Waals surface area contributed by atoms with Gasteiger partial charge in [0.15, 0.2) is 0 Å². The molecule has 2 amide bonds. The molecule has 0 bridgehead atoms.